The van der Waals surface area contributed by atoms with Crippen molar-refractivity contribution < 1.29 is 23.1 Å². The quantitative estimate of drug-likeness (QED) is 0.322. The Kier molecular flexibility index (Phi) is 8.42. The average molecular weight is 497 g/mol. The summed E-state index contributed by atoms with van der Waals surface area (Å²) in [5.74, 6) is -3.11. The number of ether oxygens (including phenoxy) is 1. The number of carbonyl (C=O) groups is 2. The lowest BCUT2D eigenvalue weighted by Gasteiger charge is -2.19. The summed E-state index contributed by atoms with van der Waals surface area (Å²) in [6.07, 6.45) is 0. The van der Waals surface area contributed by atoms with Crippen molar-refractivity contribution in [2.45, 2.75) is 15.0 Å². The molecule has 3 rings (SSSR count). The third-order valence-electron chi connectivity index (χ3n) is 4.10. The number of thioether (sulfide) groups is 2. The number of aromatic nitrogens is 2. The number of esters is 1. The van der Waals surface area contributed by atoms with Crippen LogP contribution in [-0.2, 0) is 9.53 Å². The maximum atomic E-state index is 12.6. The van der Waals surface area contributed by atoms with Crippen LogP contribution in [0.15, 0.2) is 57.8 Å². The van der Waals surface area contributed by atoms with E-state index in [4.69, 9.17) is 4.74 Å². The standard InChI is InChI=1S/C20H18F2N4O3S3/c1-26(15-6-4-3-5-14(15)17(28)29-2)16(27)11-30-20-25-24-19(32-20)23-12-7-9-13(10-8-12)31-18(21)22/h3-10,18H,11H2,1-2H3,(H,23,24). The Balaban J connectivity index is 1.57. The van der Waals surface area contributed by atoms with Crippen molar-refractivity contribution >= 4 is 63.2 Å². The van der Waals surface area contributed by atoms with E-state index >= 15 is 0 Å². The molecule has 0 radical (unpaired) electrons. The zero-order valence-electron chi connectivity index (χ0n) is 17.0. The van der Waals surface area contributed by atoms with E-state index in [0.29, 0.717) is 43.1 Å². The zero-order chi connectivity index (χ0) is 23.1. The van der Waals surface area contributed by atoms with Gasteiger partial charge in [-0.3, -0.25) is 4.79 Å². The van der Waals surface area contributed by atoms with Crippen LogP contribution in [0.25, 0.3) is 0 Å². The summed E-state index contributed by atoms with van der Waals surface area (Å²) in [6, 6.07) is 13.2. The van der Waals surface area contributed by atoms with E-state index in [0.717, 1.165) is 0 Å². The number of hydrogen-bond donors (Lipinski definition) is 1. The minimum atomic E-state index is -2.47. The Morgan fingerprint density at radius 3 is 2.56 bits per heavy atom. The molecule has 168 valence electrons. The third kappa shape index (κ3) is 6.40. The minimum absolute atomic E-state index is 0.0974. The summed E-state index contributed by atoms with van der Waals surface area (Å²) in [6.45, 7) is 0. The number of anilines is 3. The van der Waals surface area contributed by atoms with Gasteiger partial charge in [0.15, 0.2) is 4.34 Å². The molecule has 7 nitrogen and oxygen atoms in total. The highest BCUT2D eigenvalue weighted by Crippen LogP contribution is 2.30. The molecule has 0 atom stereocenters. The van der Waals surface area contributed by atoms with Gasteiger partial charge in [0.25, 0.3) is 5.76 Å². The van der Waals surface area contributed by atoms with Gasteiger partial charge in [0.1, 0.15) is 0 Å². The monoisotopic (exact) mass is 496 g/mol. The van der Waals surface area contributed by atoms with Gasteiger partial charge in [0.05, 0.1) is 24.1 Å². The van der Waals surface area contributed by atoms with Crippen LogP contribution in [0.2, 0.25) is 0 Å². The van der Waals surface area contributed by atoms with Gasteiger partial charge in [-0.25, -0.2) is 4.79 Å². The number of benzene rings is 2. The van der Waals surface area contributed by atoms with Crippen molar-refractivity contribution in [3.63, 3.8) is 0 Å². The maximum Gasteiger partial charge on any atom is 0.339 e. The van der Waals surface area contributed by atoms with Crippen molar-refractivity contribution in [3.05, 3.63) is 54.1 Å². The summed E-state index contributed by atoms with van der Waals surface area (Å²) in [4.78, 5) is 26.4. The molecule has 1 amide bonds. The molecule has 0 aliphatic rings. The van der Waals surface area contributed by atoms with Gasteiger partial charge in [-0.15, -0.1) is 10.2 Å². The van der Waals surface area contributed by atoms with Crippen LogP contribution >= 0.6 is 34.9 Å². The van der Waals surface area contributed by atoms with Gasteiger partial charge in [0, 0.05) is 17.6 Å². The lowest BCUT2D eigenvalue weighted by atomic mass is 10.1. The average Bonchev–Trinajstić information content (AvgIpc) is 3.24. The fourth-order valence-corrected chi connectivity index (χ4v) is 4.75. The van der Waals surface area contributed by atoms with Crippen LogP contribution in [0.3, 0.4) is 0 Å². The first kappa shape index (κ1) is 24.0. The number of rotatable bonds is 9. The number of carbonyl (C=O) groups excluding carboxylic acids is 2. The molecule has 3 aromatic rings. The maximum absolute atomic E-state index is 12.6. The molecule has 0 bridgehead atoms. The molecule has 0 spiro atoms. The fourth-order valence-electron chi connectivity index (χ4n) is 2.57. The molecule has 0 saturated heterocycles. The van der Waals surface area contributed by atoms with Crippen LogP contribution in [0, 0.1) is 0 Å². The van der Waals surface area contributed by atoms with Gasteiger partial charge in [-0.1, -0.05) is 47.0 Å². The molecule has 0 fully saturated rings. The summed E-state index contributed by atoms with van der Waals surface area (Å²) in [5.41, 5.74) is 1.45. The van der Waals surface area contributed by atoms with E-state index in [2.05, 4.69) is 15.5 Å². The molecule has 32 heavy (non-hydrogen) atoms. The first-order chi connectivity index (χ1) is 15.4. The molecule has 0 unspecified atom stereocenters. The van der Waals surface area contributed by atoms with Crippen molar-refractivity contribution in [1.82, 2.24) is 10.2 Å². The highest BCUT2D eigenvalue weighted by atomic mass is 32.2. The summed E-state index contributed by atoms with van der Waals surface area (Å²) < 4.78 is 30.2. The lowest BCUT2D eigenvalue weighted by Crippen LogP contribution is -2.29. The van der Waals surface area contributed by atoms with Crippen LogP contribution < -0.4 is 10.2 Å². The smallest absolute Gasteiger partial charge is 0.339 e. The Labute approximate surface area is 195 Å². The second-order valence-electron chi connectivity index (χ2n) is 6.15. The number of methoxy groups -OCH3 is 1. The van der Waals surface area contributed by atoms with Crippen molar-refractivity contribution in [2.24, 2.45) is 0 Å². The molecule has 0 saturated carbocycles. The molecule has 0 aliphatic heterocycles. The third-order valence-corrected chi connectivity index (χ3v) is 6.78. The van der Waals surface area contributed by atoms with Gasteiger partial charge < -0.3 is 15.0 Å². The minimum Gasteiger partial charge on any atom is -0.465 e. The molecular formula is C20H18F2N4O3S3. The van der Waals surface area contributed by atoms with E-state index in [-0.39, 0.29) is 11.7 Å². The van der Waals surface area contributed by atoms with Gasteiger partial charge in [0.2, 0.25) is 11.0 Å². The topological polar surface area (TPSA) is 84.4 Å². The predicted molar refractivity (Wildman–Crippen MR) is 123 cm³/mol. The number of nitrogens with one attached hydrogen (secondary N) is 1. The largest absolute Gasteiger partial charge is 0.465 e. The van der Waals surface area contributed by atoms with E-state index < -0.39 is 11.7 Å². The molecule has 0 aliphatic carbocycles. The summed E-state index contributed by atoms with van der Waals surface area (Å²) >= 11 is 2.97. The molecule has 1 heterocycles. The number of nitrogens with zero attached hydrogens (tertiary/aromatic N) is 3. The summed E-state index contributed by atoms with van der Waals surface area (Å²) in [7, 11) is 2.88. The van der Waals surface area contributed by atoms with E-state index in [9.17, 15) is 18.4 Å². The molecule has 1 N–H and O–H groups in total. The molecule has 2 aromatic carbocycles. The van der Waals surface area contributed by atoms with E-state index in [1.807, 2.05) is 0 Å². The SMILES string of the molecule is COC(=O)c1ccccc1N(C)C(=O)CSc1nnc(Nc2ccc(SC(F)F)cc2)s1. The molecular weight excluding hydrogens is 478 g/mol. The number of hydrogen-bond acceptors (Lipinski definition) is 9. The molecule has 1 aromatic heterocycles. The van der Waals surface area contributed by atoms with Gasteiger partial charge >= 0.3 is 5.97 Å². The second-order valence-corrected chi connectivity index (χ2v) is 9.41. The van der Waals surface area contributed by atoms with Crippen molar-refractivity contribution in [1.29, 1.82) is 0 Å². The molecule has 12 heteroatoms. The second kappa shape index (κ2) is 11.2. The Morgan fingerprint density at radius 1 is 1.16 bits per heavy atom. The van der Waals surface area contributed by atoms with E-state index in [1.165, 1.54) is 35.1 Å². The first-order valence-electron chi connectivity index (χ1n) is 9.09. The van der Waals surface area contributed by atoms with Crippen LogP contribution in [0.4, 0.5) is 25.3 Å². The number of amides is 1. The highest BCUT2D eigenvalue weighted by molar-refractivity contribution is 8.01. The van der Waals surface area contributed by atoms with Crippen molar-refractivity contribution in [3.8, 4) is 0 Å². The lowest BCUT2D eigenvalue weighted by molar-refractivity contribution is -0.115. The fraction of sp³-hybridized carbons (Fsp3) is 0.200. The van der Waals surface area contributed by atoms with Gasteiger partial charge in [-0.05, 0) is 36.4 Å². The Hall–Kier alpha value is -2.70. The number of halogens is 2. The Morgan fingerprint density at radius 2 is 1.88 bits per heavy atom. The van der Waals surface area contributed by atoms with Crippen LogP contribution in [-0.4, -0.2) is 47.7 Å². The van der Waals surface area contributed by atoms with Crippen molar-refractivity contribution in [2.75, 3.05) is 30.1 Å². The van der Waals surface area contributed by atoms with Crippen LogP contribution in [0.1, 0.15) is 10.4 Å². The van der Waals surface area contributed by atoms with E-state index in [1.54, 1.807) is 55.6 Å². The first-order valence-corrected chi connectivity index (χ1v) is 11.8. The Bertz CT molecular complexity index is 1080. The van der Waals surface area contributed by atoms with Gasteiger partial charge in [-0.2, -0.15) is 8.78 Å². The zero-order valence-corrected chi connectivity index (χ0v) is 19.4. The normalized spacial score (nSPS) is 10.8. The van der Waals surface area contributed by atoms with Crippen LogP contribution in [0.5, 0.6) is 0 Å². The number of para-hydroxylation sites is 1. The highest BCUT2D eigenvalue weighted by Gasteiger charge is 2.19. The summed E-state index contributed by atoms with van der Waals surface area (Å²) in [5, 5.41) is 11.7. The number of alkyl halides is 2. The predicted octanol–water partition coefficient (Wildman–Crippen LogP) is 5.14.